The van der Waals surface area contributed by atoms with Crippen LogP contribution < -0.4 is 0 Å². The maximum Gasteiger partial charge on any atom is 0.0152 e. The molecule has 0 radical (unpaired) electrons. The Morgan fingerprint density at radius 2 is 0.917 bits per heavy atom. The highest BCUT2D eigenvalue weighted by Crippen LogP contribution is 2.46. The first-order valence-corrected chi connectivity index (χ1v) is 17.1. The number of fused-ring (bicyclic) bond motifs is 10. The van der Waals surface area contributed by atoms with Crippen molar-refractivity contribution >= 4 is 53.9 Å². The average Bonchev–Trinajstić information content (AvgIpc) is 3.14. The van der Waals surface area contributed by atoms with E-state index in [0.717, 1.165) is 6.42 Å². The summed E-state index contributed by atoms with van der Waals surface area (Å²) >= 11 is 0. The zero-order valence-electron chi connectivity index (χ0n) is 27.2. The fourth-order valence-corrected chi connectivity index (χ4v) is 8.74. The van der Waals surface area contributed by atoms with E-state index in [1.165, 1.54) is 98.4 Å². The Morgan fingerprint density at radius 3 is 1.58 bits per heavy atom. The molecule has 1 aliphatic carbocycles. The highest BCUT2D eigenvalue weighted by molar-refractivity contribution is 6.13. The van der Waals surface area contributed by atoms with Crippen LogP contribution in [0.2, 0.25) is 0 Å². The molecule has 9 aromatic carbocycles. The van der Waals surface area contributed by atoms with Crippen molar-refractivity contribution in [2.45, 2.75) is 25.7 Å². The van der Waals surface area contributed by atoms with Crippen LogP contribution in [0.25, 0.3) is 76.1 Å². The van der Waals surface area contributed by atoms with Gasteiger partial charge >= 0.3 is 0 Å². The van der Waals surface area contributed by atoms with Gasteiger partial charge in [-0.2, -0.15) is 0 Å². The zero-order valence-corrected chi connectivity index (χ0v) is 27.2. The Labute approximate surface area is 280 Å². The molecule has 0 aromatic heterocycles. The number of rotatable bonds is 2. The molecule has 0 atom stereocenters. The molecule has 0 fully saturated rings. The maximum atomic E-state index is 2.47. The summed E-state index contributed by atoms with van der Waals surface area (Å²) in [4.78, 5) is 0. The molecular weight excluding hydrogens is 577 g/mol. The average molecular weight is 611 g/mol. The molecule has 0 spiro atoms. The van der Waals surface area contributed by atoms with Crippen LogP contribution in [-0.2, 0) is 11.8 Å². The first kappa shape index (κ1) is 27.4. The Balaban J connectivity index is 1.07. The first-order chi connectivity index (χ1) is 23.5. The van der Waals surface area contributed by atoms with Crippen molar-refractivity contribution in [2.24, 2.45) is 0 Å². The van der Waals surface area contributed by atoms with Crippen LogP contribution in [0.4, 0.5) is 0 Å². The smallest absolute Gasteiger partial charge is 0.0152 e. The lowest BCUT2D eigenvalue weighted by Crippen LogP contribution is -2.27. The van der Waals surface area contributed by atoms with E-state index in [1.54, 1.807) is 0 Å². The third kappa shape index (κ3) is 3.96. The normalized spacial score (nSPS) is 13.7. The monoisotopic (exact) mass is 610 g/mol. The lowest BCUT2D eigenvalue weighted by molar-refractivity contribution is 0.613. The summed E-state index contributed by atoms with van der Waals surface area (Å²) < 4.78 is 0. The molecule has 0 heterocycles. The van der Waals surface area contributed by atoms with Gasteiger partial charge in [-0.3, -0.25) is 0 Å². The van der Waals surface area contributed by atoms with Crippen molar-refractivity contribution in [3.05, 3.63) is 180 Å². The van der Waals surface area contributed by atoms with Crippen molar-refractivity contribution < 1.29 is 0 Å². The molecule has 9 aromatic rings. The van der Waals surface area contributed by atoms with Gasteiger partial charge in [0.25, 0.3) is 0 Å². The van der Waals surface area contributed by atoms with E-state index in [1.807, 2.05) is 0 Å². The zero-order chi connectivity index (χ0) is 32.0. The SMILES string of the molecule is CC1(C)c2cc(-c3cccc4c3ccc3ccccc34)ccc2Cc2c1ccc1cc(-c3cccc4c3ccc3ccccc34)ccc21. The van der Waals surface area contributed by atoms with Crippen molar-refractivity contribution in [3.63, 3.8) is 0 Å². The quantitative estimate of drug-likeness (QED) is 0.171. The number of benzene rings is 9. The first-order valence-electron chi connectivity index (χ1n) is 17.1. The summed E-state index contributed by atoms with van der Waals surface area (Å²) in [7, 11) is 0. The Morgan fingerprint density at radius 1 is 0.375 bits per heavy atom. The Bertz CT molecular complexity index is 2780. The molecule has 48 heavy (non-hydrogen) atoms. The van der Waals surface area contributed by atoms with E-state index in [9.17, 15) is 0 Å². The second kappa shape index (κ2) is 10.1. The molecular formula is C48H34. The van der Waals surface area contributed by atoms with Gasteiger partial charge in [0.05, 0.1) is 0 Å². The van der Waals surface area contributed by atoms with E-state index >= 15 is 0 Å². The Kier molecular flexibility index (Phi) is 5.79. The summed E-state index contributed by atoms with van der Waals surface area (Å²) in [5.74, 6) is 0. The van der Waals surface area contributed by atoms with Crippen molar-refractivity contribution in [1.29, 1.82) is 0 Å². The topological polar surface area (TPSA) is 0 Å². The summed E-state index contributed by atoms with van der Waals surface area (Å²) in [6, 6.07) is 59.1. The van der Waals surface area contributed by atoms with Gasteiger partial charge < -0.3 is 0 Å². The van der Waals surface area contributed by atoms with E-state index in [4.69, 9.17) is 0 Å². The molecule has 10 rings (SSSR count). The fourth-order valence-electron chi connectivity index (χ4n) is 8.74. The third-order valence-corrected chi connectivity index (χ3v) is 11.2. The molecule has 0 aliphatic heterocycles. The minimum Gasteiger partial charge on any atom is -0.0616 e. The Hall–Kier alpha value is -5.72. The van der Waals surface area contributed by atoms with Crippen LogP contribution in [0.5, 0.6) is 0 Å². The molecule has 226 valence electrons. The van der Waals surface area contributed by atoms with Gasteiger partial charge in [0, 0.05) is 5.41 Å². The van der Waals surface area contributed by atoms with Gasteiger partial charge in [-0.25, -0.2) is 0 Å². The molecule has 0 nitrogen and oxygen atoms in total. The summed E-state index contributed by atoms with van der Waals surface area (Å²) in [5, 5.41) is 13.1. The molecule has 1 aliphatic rings. The highest BCUT2D eigenvalue weighted by Gasteiger charge is 2.33. The van der Waals surface area contributed by atoms with Gasteiger partial charge in [-0.15, -0.1) is 0 Å². The van der Waals surface area contributed by atoms with Crippen LogP contribution in [0.1, 0.15) is 36.1 Å². The van der Waals surface area contributed by atoms with Crippen LogP contribution in [0.15, 0.2) is 158 Å². The standard InChI is InChI=1S/C48H34/c1-48(2)46-26-22-33-27-32(38-13-7-15-41-36-11-5-3-9-30(36)19-24-43(38)41)21-23-40(33)45(46)28-35-18-17-34(29-47(35)48)39-14-8-16-42-37-12-6-4-10-31(37)20-25-44(39)42/h3-27,29H,28H2,1-2H3. The molecule has 0 saturated carbocycles. The lowest BCUT2D eigenvalue weighted by Gasteiger charge is -2.36. The van der Waals surface area contributed by atoms with Gasteiger partial charge in [0.15, 0.2) is 0 Å². The molecule has 0 unspecified atom stereocenters. The van der Waals surface area contributed by atoms with Gasteiger partial charge in [0.2, 0.25) is 0 Å². The van der Waals surface area contributed by atoms with E-state index in [-0.39, 0.29) is 5.41 Å². The minimum atomic E-state index is -0.111. The second-order valence-corrected chi connectivity index (χ2v) is 14.1. The van der Waals surface area contributed by atoms with Crippen LogP contribution >= 0.6 is 0 Å². The molecule has 0 heteroatoms. The molecule has 0 saturated heterocycles. The summed E-state index contributed by atoms with van der Waals surface area (Å²) in [5.41, 5.74) is 10.8. The predicted molar refractivity (Wildman–Crippen MR) is 206 cm³/mol. The molecule has 0 amide bonds. The number of hydrogen-bond acceptors (Lipinski definition) is 0. The summed E-state index contributed by atoms with van der Waals surface area (Å²) in [6.45, 7) is 4.82. The van der Waals surface area contributed by atoms with Crippen LogP contribution in [0, 0.1) is 0 Å². The molecule has 0 bridgehead atoms. The second-order valence-electron chi connectivity index (χ2n) is 14.1. The highest BCUT2D eigenvalue weighted by atomic mass is 14.4. The predicted octanol–water partition coefficient (Wildman–Crippen LogP) is 13.0. The molecule has 0 N–H and O–H groups in total. The van der Waals surface area contributed by atoms with Crippen molar-refractivity contribution in [3.8, 4) is 22.3 Å². The minimum absolute atomic E-state index is 0.111. The van der Waals surface area contributed by atoms with Crippen molar-refractivity contribution in [2.75, 3.05) is 0 Å². The van der Waals surface area contributed by atoms with Gasteiger partial charge in [0.1, 0.15) is 0 Å². The summed E-state index contributed by atoms with van der Waals surface area (Å²) in [6.07, 6.45) is 0.950. The fraction of sp³-hybridized carbons (Fsp3) is 0.0833. The van der Waals surface area contributed by atoms with Crippen molar-refractivity contribution in [1.82, 2.24) is 0 Å². The largest absolute Gasteiger partial charge is 0.0616 e. The van der Waals surface area contributed by atoms with Gasteiger partial charge in [-0.05, 0) is 117 Å². The van der Waals surface area contributed by atoms with E-state index in [2.05, 4.69) is 172 Å². The third-order valence-electron chi connectivity index (χ3n) is 11.2. The lowest BCUT2D eigenvalue weighted by atomic mass is 9.67. The van der Waals surface area contributed by atoms with E-state index < -0.39 is 0 Å². The van der Waals surface area contributed by atoms with Gasteiger partial charge in [-0.1, -0.05) is 159 Å². The maximum absolute atomic E-state index is 2.47. The van der Waals surface area contributed by atoms with Crippen LogP contribution in [-0.4, -0.2) is 0 Å². The number of hydrogen-bond donors (Lipinski definition) is 0. The van der Waals surface area contributed by atoms with E-state index in [0.29, 0.717) is 0 Å². The van der Waals surface area contributed by atoms with Crippen LogP contribution in [0.3, 0.4) is 0 Å².